The maximum atomic E-state index is 12.6. The number of fused-ring (bicyclic) bond motifs is 2. The third-order valence-corrected chi connectivity index (χ3v) is 6.73. The molecule has 2 aliphatic rings. The zero-order chi connectivity index (χ0) is 15.3. The fraction of sp³-hybridized carbons (Fsp3) is 0.400. The number of hydrogen-bond acceptors (Lipinski definition) is 5. The van der Waals surface area contributed by atoms with E-state index in [2.05, 4.69) is 10.3 Å². The molecule has 2 unspecified atom stereocenters. The van der Waals surface area contributed by atoms with E-state index in [0.717, 1.165) is 16.6 Å². The molecule has 2 aliphatic heterocycles. The Morgan fingerprint density at radius 1 is 1.45 bits per heavy atom. The van der Waals surface area contributed by atoms with Gasteiger partial charge in [-0.2, -0.15) is 0 Å². The lowest BCUT2D eigenvalue weighted by molar-refractivity contribution is -0.135. The Kier molecular flexibility index (Phi) is 3.16. The molecule has 7 heteroatoms. The number of thioether (sulfide) groups is 1. The number of benzene rings is 1. The van der Waals surface area contributed by atoms with Gasteiger partial charge in [-0.3, -0.25) is 9.59 Å². The second-order valence-corrected chi connectivity index (χ2v) is 8.27. The van der Waals surface area contributed by atoms with Crippen LogP contribution in [0.25, 0.3) is 10.2 Å². The van der Waals surface area contributed by atoms with Crippen molar-refractivity contribution in [3.8, 4) is 0 Å². The van der Waals surface area contributed by atoms with Crippen LogP contribution < -0.4 is 5.32 Å². The number of hydrogen-bond donors (Lipinski definition) is 1. The maximum Gasteiger partial charge on any atom is 0.249 e. The molecule has 22 heavy (non-hydrogen) atoms. The molecule has 3 heterocycles. The predicted molar refractivity (Wildman–Crippen MR) is 89.0 cm³/mol. The van der Waals surface area contributed by atoms with Crippen LogP contribution in [0.15, 0.2) is 24.3 Å². The van der Waals surface area contributed by atoms with Gasteiger partial charge in [0.2, 0.25) is 11.8 Å². The van der Waals surface area contributed by atoms with Crippen LogP contribution in [0.5, 0.6) is 0 Å². The Morgan fingerprint density at radius 3 is 3.09 bits per heavy atom. The topological polar surface area (TPSA) is 62.3 Å². The van der Waals surface area contributed by atoms with Crippen molar-refractivity contribution < 1.29 is 9.59 Å². The molecule has 1 N–H and O–H groups in total. The number of thiazole rings is 1. The highest BCUT2D eigenvalue weighted by molar-refractivity contribution is 8.01. The summed E-state index contributed by atoms with van der Waals surface area (Å²) in [5.74, 6) is 0.598. The van der Waals surface area contributed by atoms with Gasteiger partial charge < -0.3 is 10.2 Å². The first-order valence-corrected chi connectivity index (χ1v) is 9.00. The van der Waals surface area contributed by atoms with E-state index in [1.807, 2.05) is 31.2 Å². The van der Waals surface area contributed by atoms with E-state index in [-0.39, 0.29) is 16.7 Å². The van der Waals surface area contributed by atoms with E-state index in [1.165, 1.54) is 11.3 Å². The minimum absolute atomic E-state index is 0.0805. The van der Waals surface area contributed by atoms with Crippen molar-refractivity contribution >= 4 is 50.3 Å². The first-order chi connectivity index (χ1) is 10.6. The van der Waals surface area contributed by atoms with Crippen molar-refractivity contribution in [2.75, 3.05) is 11.1 Å². The van der Waals surface area contributed by atoms with Crippen LogP contribution in [0.4, 0.5) is 5.13 Å². The molecule has 4 rings (SSSR count). The molecule has 0 saturated carbocycles. The summed E-state index contributed by atoms with van der Waals surface area (Å²) in [5.41, 5.74) is 0.880. The van der Waals surface area contributed by atoms with Crippen LogP contribution in [0.1, 0.15) is 19.8 Å². The van der Waals surface area contributed by atoms with Gasteiger partial charge in [-0.15, -0.1) is 11.8 Å². The van der Waals surface area contributed by atoms with Crippen LogP contribution in [-0.4, -0.2) is 38.4 Å². The molecule has 2 atom stereocenters. The van der Waals surface area contributed by atoms with Gasteiger partial charge in [0.15, 0.2) is 5.13 Å². The largest absolute Gasteiger partial charge is 0.315 e. The number of carbonyl (C=O) groups is 2. The summed E-state index contributed by atoms with van der Waals surface area (Å²) < 4.78 is 1.04. The minimum atomic E-state index is -0.392. The monoisotopic (exact) mass is 333 g/mol. The molecule has 1 aromatic carbocycles. The van der Waals surface area contributed by atoms with Crippen LogP contribution in [-0.2, 0) is 9.59 Å². The normalized spacial score (nSPS) is 27.4. The predicted octanol–water partition coefficient (Wildman–Crippen LogP) is 2.69. The Bertz CT molecular complexity index is 742. The fourth-order valence-electron chi connectivity index (χ4n) is 3.13. The first kappa shape index (κ1) is 14.0. The number of para-hydroxylation sites is 1. The van der Waals surface area contributed by atoms with Gasteiger partial charge in [0.1, 0.15) is 6.04 Å². The third-order valence-electron chi connectivity index (χ3n) is 4.27. The Morgan fingerprint density at radius 2 is 2.27 bits per heavy atom. The highest BCUT2D eigenvalue weighted by Gasteiger charge is 2.52. The number of nitrogens with zero attached hydrogens (tertiary/aromatic N) is 2. The quantitative estimate of drug-likeness (QED) is 0.918. The zero-order valence-corrected chi connectivity index (χ0v) is 13.7. The van der Waals surface area contributed by atoms with Crippen molar-refractivity contribution in [2.45, 2.75) is 30.7 Å². The standard InChI is InChI=1S/C15H15N3O2S2/c1-15-7-6-12(19)18(15)10(8-21-15)13(20)17-14-16-9-4-2-3-5-11(9)22-14/h2-5,10H,6-8H2,1H3,(H,16,17,20). The van der Waals surface area contributed by atoms with Crippen molar-refractivity contribution in [1.82, 2.24) is 9.88 Å². The molecule has 2 fully saturated rings. The van der Waals surface area contributed by atoms with Crippen LogP contribution in [0.2, 0.25) is 0 Å². The second kappa shape index (κ2) is 4.96. The molecule has 5 nitrogen and oxygen atoms in total. The third kappa shape index (κ3) is 2.11. The highest BCUT2D eigenvalue weighted by Crippen LogP contribution is 2.47. The lowest BCUT2D eigenvalue weighted by atomic mass is 10.2. The minimum Gasteiger partial charge on any atom is -0.315 e. The molecule has 2 amide bonds. The first-order valence-electron chi connectivity index (χ1n) is 7.19. The van der Waals surface area contributed by atoms with Crippen LogP contribution in [0, 0.1) is 0 Å². The van der Waals surface area contributed by atoms with Gasteiger partial charge in [0, 0.05) is 12.2 Å². The molecule has 0 spiro atoms. The van der Waals surface area contributed by atoms with E-state index in [0.29, 0.717) is 17.3 Å². The SMILES string of the molecule is CC12CCC(=O)N1C(C(=O)Nc1nc3ccccc3s1)CS2. The van der Waals surface area contributed by atoms with Crippen molar-refractivity contribution in [3.63, 3.8) is 0 Å². The summed E-state index contributed by atoms with van der Waals surface area (Å²) in [6, 6.07) is 7.39. The smallest absolute Gasteiger partial charge is 0.249 e. The Labute approximate surface area is 136 Å². The number of nitrogens with one attached hydrogen (secondary N) is 1. The second-order valence-electron chi connectivity index (χ2n) is 5.74. The van der Waals surface area contributed by atoms with Crippen LogP contribution in [0.3, 0.4) is 0 Å². The van der Waals surface area contributed by atoms with Crippen molar-refractivity contribution in [3.05, 3.63) is 24.3 Å². The van der Waals surface area contributed by atoms with Gasteiger partial charge in [0.05, 0.1) is 15.1 Å². The molecule has 0 radical (unpaired) electrons. The fourth-order valence-corrected chi connectivity index (χ4v) is 5.43. The van der Waals surface area contributed by atoms with Gasteiger partial charge in [-0.05, 0) is 25.5 Å². The average Bonchev–Trinajstić information content (AvgIpc) is 3.12. The number of anilines is 1. The summed E-state index contributed by atoms with van der Waals surface area (Å²) in [4.78, 5) is 30.6. The molecule has 2 saturated heterocycles. The average molecular weight is 333 g/mol. The van der Waals surface area contributed by atoms with E-state index in [4.69, 9.17) is 0 Å². The van der Waals surface area contributed by atoms with E-state index >= 15 is 0 Å². The lowest BCUT2D eigenvalue weighted by Crippen LogP contribution is -2.48. The summed E-state index contributed by atoms with van der Waals surface area (Å²) in [5, 5.41) is 3.48. The zero-order valence-electron chi connectivity index (χ0n) is 12.0. The van der Waals surface area contributed by atoms with Gasteiger partial charge in [-0.25, -0.2) is 4.98 Å². The highest BCUT2D eigenvalue weighted by atomic mass is 32.2. The maximum absolute atomic E-state index is 12.6. The summed E-state index contributed by atoms with van der Waals surface area (Å²) in [7, 11) is 0. The van der Waals surface area contributed by atoms with Gasteiger partial charge >= 0.3 is 0 Å². The van der Waals surface area contributed by atoms with E-state index < -0.39 is 6.04 Å². The van der Waals surface area contributed by atoms with E-state index in [9.17, 15) is 9.59 Å². The van der Waals surface area contributed by atoms with Crippen molar-refractivity contribution in [1.29, 1.82) is 0 Å². The molecule has 0 aliphatic carbocycles. The van der Waals surface area contributed by atoms with Gasteiger partial charge in [-0.1, -0.05) is 23.5 Å². The number of amides is 2. The molecular weight excluding hydrogens is 318 g/mol. The van der Waals surface area contributed by atoms with E-state index in [1.54, 1.807) is 16.7 Å². The Balaban J connectivity index is 1.56. The Hall–Kier alpha value is -1.60. The lowest BCUT2D eigenvalue weighted by Gasteiger charge is -2.29. The summed E-state index contributed by atoms with van der Waals surface area (Å²) >= 11 is 3.15. The number of rotatable bonds is 2. The van der Waals surface area contributed by atoms with Crippen LogP contribution >= 0.6 is 23.1 Å². The van der Waals surface area contributed by atoms with Crippen molar-refractivity contribution in [2.24, 2.45) is 0 Å². The molecule has 0 bridgehead atoms. The summed E-state index contributed by atoms with van der Waals surface area (Å²) in [6.45, 7) is 2.05. The molecular formula is C15H15N3O2S2. The molecule has 1 aromatic heterocycles. The number of carbonyl (C=O) groups excluding carboxylic acids is 2. The number of aromatic nitrogens is 1. The molecule has 114 valence electrons. The van der Waals surface area contributed by atoms with Gasteiger partial charge in [0.25, 0.3) is 0 Å². The summed E-state index contributed by atoms with van der Waals surface area (Å²) in [6.07, 6.45) is 1.36. The molecule has 2 aromatic rings.